The number of pyridine rings is 1. The molecule has 0 radical (unpaired) electrons. The second-order valence-electron chi connectivity index (χ2n) is 11.0. The average molecular weight is 646 g/mol. The van der Waals surface area contributed by atoms with Crippen LogP contribution in [0.3, 0.4) is 0 Å². The number of anilines is 1. The highest BCUT2D eigenvalue weighted by Crippen LogP contribution is 2.48. The van der Waals surface area contributed by atoms with Gasteiger partial charge in [-0.2, -0.15) is 0 Å². The molecule has 2 aliphatic heterocycles. The molecule has 0 spiro atoms. The number of carbonyl (C=O) groups is 3. The van der Waals surface area contributed by atoms with E-state index in [9.17, 15) is 24.1 Å². The van der Waals surface area contributed by atoms with Crippen molar-refractivity contribution < 1.29 is 37.8 Å². The molecule has 1 aromatic heterocycles. The maximum atomic E-state index is 13.8. The van der Waals surface area contributed by atoms with Gasteiger partial charge in [-0.05, 0) is 45.2 Å². The van der Waals surface area contributed by atoms with Crippen molar-refractivity contribution in [1.29, 1.82) is 0 Å². The molecule has 0 unspecified atom stereocenters. The summed E-state index contributed by atoms with van der Waals surface area (Å²) in [6.07, 6.45) is 0.467. The van der Waals surface area contributed by atoms with Crippen molar-refractivity contribution >= 4 is 31.2 Å². The summed E-state index contributed by atoms with van der Waals surface area (Å²) in [5.74, 6) is -0.852. The van der Waals surface area contributed by atoms with E-state index in [0.717, 1.165) is 24.2 Å². The Labute approximate surface area is 264 Å². The Bertz CT molecular complexity index is 1340. The van der Waals surface area contributed by atoms with E-state index >= 15 is 0 Å². The molecule has 0 saturated carbocycles. The number of methoxy groups -OCH3 is 1. The SMILES string of the molecule is CCOP(=O)(CCC[C@@H](NC(=O)c1cc(N2CC[C@H](OC)C2)cc(-c2ccccc2)n1)C(=O)N1CCN(C(=O)O)CC1)OCC. The van der Waals surface area contributed by atoms with Crippen LogP contribution in [-0.2, 0) is 23.1 Å². The predicted molar refractivity (Wildman–Crippen MR) is 170 cm³/mol. The number of piperazine rings is 1. The fourth-order valence-corrected chi connectivity index (χ4v) is 7.29. The number of hydrogen-bond donors (Lipinski definition) is 2. The second-order valence-corrected chi connectivity index (χ2v) is 13.2. The van der Waals surface area contributed by atoms with Crippen LogP contribution in [0.4, 0.5) is 10.5 Å². The number of benzene rings is 1. The summed E-state index contributed by atoms with van der Waals surface area (Å²) < 4.78 is 29.5. The van der Waals surface area contributed by atoms with Gasteiger partial charge >= 0.3 is 13.7 Å². The minimum absolute atomic E-state index is 0.0860. The molecule has 2 saturated heterocycles. The summed E-state index contributed by atoms with van der Waals surface area (Å²) in [5, 5.41) is 12.2. The van der Waals surface area contributed by atoms with Gasteiger partial charge in [-0.3, -0.25) is 14.2 Å². The Morgan fingerprint density at radius 2 is 1.69 bits per heavy atom. The lowest BCUT2D eigenvalue weighted by molar-refractivity contribution is -0.135. The molecule has 45 heavy (non-hydrogen) atoms. The van der Waals surface area contributed by atoms with Gasteiger partial charge < -0.3 is 38.9 Å². The highest BCUT2D eigenvalue weighted by atomic mass is 31.2. The third kappa shape index (κ3) is 9.26. The van der Waals surface area contributed by atoms with Gasteiger partial charge in [0.25, 0.3) is 5.91 Å². The van der Waals surface area contributed by atoms with Gasteiger partial charge in [0, 0.05) is 57.6 Å². The van der Waals surface area contributed by atoms with Crippen molar-refractivity contribution in [1.82, 2.24) is 20.1 Å². The Morgan fingerprint density at radius 1 is 1.02 bits per heavy atom. The molecule has 2 fully saturated rings. The largest absolute Gasteiger partial charge is 0.465 e. The lowest BCUT2D eigenvalue weighted by atomic mass is 10.1. The van der Waals surface area contributed by atoms with Gasteiger partial charge in [0.05, 0.1) is 31.2 Å². The van der Waals surface area contributed by atoms with Crippen molar-refractivity contribution in [2.24, 2.45) is 0 Å². The minimum atomic E-state index is -3.35. The second kappa shape index (κ2) is 16.2. The maximum absolute atomic E-state index is 13.8. The fourth-order valence-electron chi connectivity index (χ4n) is 5.60. The number of nitrogens with one attached hydrogen (secondary N) is 1. The van der Waals surface area contributed by atoms with Crippen LogP contribution in [0.25, 0.3) is 11.3 Å². The summed E-state index contributed by atoms with van der Waals surface area (Å²) in [4.78, 5) is 48.6. The first kappa shape index (κ1) is 34.4. The normalized spacial score (nSPS) is 17.8. The van der Waals surface area contributed by atoms with Crippen LogP contribution in [0, 0.1) is 0 Å². The van der Waals surface area contributed by atoms with E-state index in [2.05, 4.69) is 15.2 Å². The summed E-state index contributed by atoms with van der Waals surface area (Å²) in [6.45, 7) is 6.11. The molecule has 2 atom stereocenters. The van der Waals surface area contributed by atoms with Crippen molar-refractivity contribution in [3.63, 3.8) is 0 Å². The van der Waals surface area contributed by atoms with Gasteiger partial charge in [-0.1, -0.05) is 30.3 Å². The van der Waals surface area contributed by atoms with E-state index in [0.29, 0.717) is 12.2 Å². The summed E-state index contributed by atoms with van der Waals surface area (Å²) in [6, 6.07) is 12.3. The third-order valence-electron chi connectivity index (χ3n) is 8.00. The van der Waals surface area contributed by atoms with Gasteiger partial charge in [-0.25, -0.2) is 9.78 Å². The Kier molecular flexibility index (Phi) is 12.3. The quantitative estimate of drug-likeness (QED) is 0.289. The Morgan fingerprint density at radius 3 is 2.29 bits per heavy atom. The summed E-state index contributed by atoms with van der Waals surface area (Å²) >= 11 is 0. The molecule has 0 aliphatic carbocycles. The van der Waals surface area contributed by atoms with Crippen LogP contribution < -0.4 is 10.2 Å². The van der Waals surface area contributed by atoms with E-state index in [1.807, 2.05) is 36.4 Å². The maximum Gasteiger partial charge on any atom is 0.407 e. The fraction of sp³-hybridized carbons (Fsp3) is 0.548. The van der Waals surface area contributed by atoms with E-state index in [1.54, 1.807) is 31.9 Å². The van der Waals surface area contributed by atoms with Crippen LogP contribution in [0.1, 0.15) is 43.6 Å². The lowest BCUT2D eigenvalue weighted by Gasteiger charge is -2.35. The molecular formula is C31H44N5O8P. The molecule has 4 rings (SSSR count). The van der Waals surface area contributed by atoms with E-state index in [1.165, 1.54) is 4.90 Å². The standard InChI is InChI=1S/C31H44N5O8P/c1-4-43-45(41,44-5-2)19-9-12-26(30(38)34-15-17-35(18-16-34)31(39)40)33-29(37)28-21-24(36-14-13-25(22-36)42-3)20-27(32-28)23-10-7-6-8-11-23/h6-8,10-11,20-21,25-26H,4-5,9,12-19,22H2,1-3H3,(H,33,37)(H,39,40)/t25-,26+/m0/s1. The van der Waals surface area contributed by atoms with E-state index < -0.39 is 25.6 Å². The Hall–Kier alpha value is -3.51. The predicted octanol–water partition coefficient (Wildman–Crippen LogP) is 3.94. The Balaban J connectivity index is 1.58. The van der Waals surface area contributed by atoms with Gasteiger partial charge in [-0.15, -0.1) is 0 Å². The lowest BCUT2D eigenvalue weighted by Crippen LogP contribution is -2.55. The van der Waals surface area contributed by atoms with Gasteiger partial charge in [0.1, 0.15) is 11.7 Å². The average Bonchev–Trinajstić information content (AvgIpc) is 3.54. The van der Waals surface area contributed by atoms with E-state index in [-0.39, 0.29) is 76.1 Å². The smallest absolute Gasteiger partial charge is 0.407 e. The highest BCUT2D eigenvalue weighted by molar-refractivity contribution is 7.53. The molecule has 246 valence electrons. The minimum Gasteiger partial charge on any atom is -0.465 e. The number of aromatic nitrogens is 1. The molecule has 2 N–H and O–H groups in total. The first-order valence-electron chi connectivity index (χ1n) is 15.5. The number of hydrogen-bond acceptors (Lipinski definition) is 9. The molecule has 1 aromatic carbocycles. The highest BCUT2D eigenvalue weighted by Gasteiger charge is 2.32. The van der Waals surface area contributed by atoms with Crippen LogP contribution in [0.15, 0.2) is 42.5 Å². The van der Waals surface area contributed by atoms with Crippen molar-refractivity contribution in [3.8, 4) is 11.3 Å². The zero-order chi connectivity index (χ0) is 32.4. The number of nitrogens with zero attached hydrogens (tertiary/aromatic N) is 4. The van der Waals surface area contributed by atoms with Crippen LogP contribution >= 0.6 is 7.60 Å². The van der Waals surface area contributed by atoms with Crippen LogP contribution in [0.5, 0.6) is 0 Å². The molecule has 13 nitrogen and oxygen atoms in total. The molecule has 2 aliphatic rings. The summed E-state index contributed by atoms with van der Waals surface area (Å²) in [5.41, 5.74) is 2.47. The first-order chi connectivity index (χ1) is 21.7. The molecule has 14 heteroatoms. The van der Waals surface area contributed by atoms with Gasteiger partial charge in [0.2, 0.25) is 5.91 Å². The molecule has 3 amide bonds. The van der Waals surface area contributed by atoms with Crippen molar-refractivity contribution in [2.45, 2.75) is 45.3 Å². The number of carboxylic acid groups (broad SMARTS) is 1. The topological polar surface area (TPSA) is 151 Å². The number of ether oxygens (including phenoxy) is 1. The zero-order valence-electron chi connectivity index (χ0n) is 26.2. The summed E-state index contributed by atoms with van der Waals surface area (Å²) in [7, 11) is -1.66. The van der Waals surface area contributed by atoms with E-state index in [4.69, 9.17) is 13.8 Å². The number of carbonyl (C=O) groups excluding carboxylic acids is 2. The van der Waals surface area contributed by atoms with Gasteiger partial charge in [0.15, 0.2) is 0 Å². The van der Waals surface area contributed by atoms with Crippen LogP contribution in [-0.4, -0.2) is 116 Å². The first-order valence-corrected chi connectivity index (χ1v) is 17.2. The molecular weight excluding hydrogens is 601 g/mol. The molecule has 3 heterocycles. The van der Waals surface area contributed by atoms with Crippen molar-refractivity contribution in [3.05, 3.63) is 48.2 Å². The van der Waals surface area contributed by atoms with Crippen LogP contribution in [0.2, 0.25) is 0 Å². The number of rotatable bonds is 14. The zero-order valence-corrected chi connectivity index (χ0v) is 27.1. The third-order valence-corrected chi connectivity index (χ3v) is 10.2. The monoisotopic (exact) mass is 645 g/mol. The van der Waals surface area contributed by atoms with Crippen molar-refractivity contribution in [2.75, 3.05) is 70.7 Å². The molecule has 0 bridgehead atoms. The molecule has 2 aromatic rings. The number of amides is 3.